The Balaban J connectivity index is 1.90. The molecule has 1 aliphatic heterocycles. The molecule has 7 nitrogen and oxygen atoms in total. The lowest BCUT2D eigenvalue weighted by molar-refractivity contribution is -0.0554. The number of nitrogen functional groups attached to an aromatic ring is 1. The normalized spacial score (nSPS) is 21.4. The van der Waals surface area contributed by atoms with E-state index in [-0.39, 0.29) is 12.7 Å². The Morgan fingerprint density at radius 1 is 1.53 bits per heavy atom. The maximum Gasteiger partial charge on any atom is 0.158 e. The third-order valence-corrected chi connectivity index (χ3v) is 2.67. The number of nitrogens with two attached hydrogens (primary N) is 1. The first-order valence-electron chi connectivity index (χ1n) is 5.54. The average Bonchev–Trinajstić information content (AvgIpc) is 2.40. The van der Waals surface area contributed by atoms with Crippen molar-refractivity contribution in [3.05, 3.63) is 18.1 Å². The smallest absolute Gasteiger partial charge is 0.158 e. The Morgan fingerprint density at radius 2 is 2.41 bits per heavy atom. The van der Waals surface area contributed by atoms with Crippen LogP contribution in [0.3, 0.4) is 0 Å². The Bertz CT molecular complexity index is 345. The number of ether oxygens (including phenoxy) is 1. The van der Waals surface area contributed by atoms with Gasteiger partial charge in [-0.25, -0.2) is 10.8 Å². The van der Waals surface area contributed by atoms with E-state index >= 15 is 0 Å². The summed E-state index contributed by atoms with van der Waals surface area (Å²) in [6.45, 7) is 2.96. The van der Waals surface area contributed by atoms with Crippen LogP contribution in [0.25, 0.3) is 0 Å². The quantitative estimate of drug-likeness (QED) is 0.456. The largest absolute Gasteiger partial charge is 0.394 e. The van der Waals surface area contributed by atoms with Gasteiger partial charge in [0, 0.05) is 19.6 Å². The summed E-state index contributed by atoms with van der Waals surface area (Å²) in [5.74, 6) is 5.76. The third kappa shape index (κ3) is 3.34. The van der Waals surface area contributed by atoms with Gasteiger partial charge in [0.2, 0.25) is 0 Å². The third-order valence-electron chi connectivity index (χ3n) is 2.67. The lowest BCUT2D eigenvalue weighted by atomic mass is 10.2. The van der Waals surface area contributed by atoms with E-state index in [1.54, 1.807) is 12.4 Å². The average molecular weight is 239 g/mol. The molecular formula is C10H17N5O2. The van der Waals surface area contributed by atoms with Gasteiger partial charge in [0.05, 0.1) is 37.4 Å². The van der Waals surface area contributed by atoms with Crippen LogP contribution in [0, 0.1) is 0 Å². The summed E-state index contributed by atoms with van der Waals surface area (Å²) in [7, 11) is 0. The van der Waals surface area contributed by atoms with Crippen molar-refractivity contribution in [2.75, 3.05) is 31.7 Å². The molecule has 1 aliphatic rings. The minimum atomic E-state index is -0.0957. The lowest BCUT2D eigenvalue weighted by Crippen LogP contribution is -2.43. The van der Waals surface area contributed by atoms with E-state index < -0.39 is 0 Å². The van der Waals surface area contributed by atoms with E-state index in [2.05, 4.69) is 20.3 Å². The molecule has 1 unspecified atom stereocenters. The van der Waals surface area contributed by atoms with Crippen LogP contribution in [0.2, 0.25) is 0 Å². The zero-order chi connectivity index (χ0) is 12.1. The summed E-state index contributed by atoms with van der Waals surface area (Å²) in [6, 6.07) is 0. The monoisotopic (exact) mass is 239 g/mol. The number of nitrogens with one attached hydrogen (secondary N) is 1. The number of nitrogens with zero attached hydrogens (tertiary/aromatic N) is 3. The number of aliphatic hydroxyl groups excluding tert-OH is 1. The van der Waals surface area contributed by atoms with Crippen LogP contribution in [0.15, 0.2) is 12.4 Å². The van der Waals surface area contributed by atoms with Crippen molar-refractivity contribution in [3.63, 3.8) is 0 Å². The number of rotatable bonds is 4. The lowest BCUT2D eigenvalue weighted by Gasteiger charge is -2.31. The summed E-state index contributed by atoms with van der Waals surface area (Å²) >= 11 is 0. The number of aromatic nitrogens is 2. The summed E-state index contributed by atoms with van der Waals surface area (Å²) in [4.78, 5) is 10.5. The van der Waals surface area contributed by atoms with E-state index in [0.29, 0.717) is 19.0 Å². The van der Waals surface area contributed by atoms with Crippen molar-refractivity contribution in [2.24, 2.45) is 5.84 Å². The van der Waals surface area contributed by atoms with Crippen molar-refractivity contribution in [1.29, 1.82) is 0 Å². The van der Waals surface area contributed by atoms with Crippen LogP contribution in [0.5, 0.6) is 0 Å². The molecule has 0 aliphatic carbocycles. The summed E-state index contributed by atoms with van der Waals surface area (Å²) in [6.07, 6.45) is 3.19. The minimum Gasteiger partial charge on any atom is -0.394 e. The number of hydrogen-bond donors (Lipinski definition) is 3. The first-order chi connectivity index (χ1) is 8.31. The van der Waals surface area contributed by atoms with E-state index in [1.807, 2.05) is 0 Å². The van der Waals surface area contributed by atoms with Crippen LogP contribution in [-0.4, -0.2) is 52.4 Å². The number of hydrazine groups is 1. The van der Waals surface area contributed by atoms with Crippen molar-refractivity contribution >= 4 is 5.82 Å². The van der Waals surface area contributed by atoms with Gasteiger partial charge in [0.25, 0.3) is 0 Å². The topological polar surface area (TPSA) is 96.5 Å². The molecule has 0 radical (unpaired) electrons. The number of morpholine rings is 1. The molecule has 2 heterocycles. The Morgan fingerprint density at radius 3 is 3.06 bits per heavy atom. The second-order valence-corrected chi connectivity index (χ2v) is 3.95. The fourth-order valence-corrected chi connectivity index (χ4v) is 1.77. The Labute approximate surface area is 99.6 Å². The molecule has 0 saturated carbocycles. The van der Waals surface area contributed by atoms with Crippen LogP contribution >= 0.6 is 0 Å². The van der Waals surface area contributed by atoms with Gasteiger partial charge in [-0.15, -0.1) is 0 Å². The molecule has 1 aromatic rings. The summed E-state index contributed by atoms with van der Waals surface area (Å²) in [5.41, 5.74) is 3.31. The summed E-state index contributed by atoms with van der Waals surface area (Å²) in [5, 5.41) is 9.04. The highest BCUT2D eigenvalue weighted by Crippen LogP contribution is 2.09. The van der Waals surface area contributed by atoms with Crippen molar-refractivity contribution in [3.8, 4) is 0 Å². The van der Waals surface area contributed by atoms with Crippen molar-refractivity contribution in [1.82, 2.24) is 14.9 Å². The van der Waals surface area contributed by atoms with E-state index in [4.69, 9.17) is 15.7 Å². The number of anilines is 1. The first-order valence-corrected chi connectivity index (χ1v) is 5.54. The first kappa shape index (κ1) is 12.2. The van der Waals surface area contributed by atoms with E-state index in [0.717, 1.165) is 18.8 Å². The van der Waals surface area contributed by atoms with Crippen LogP contribution in [-0.2, 0) is 11.3 Å². The molecule has 1 atom stereocenters. The second-order valence-electron chi connectivity index (χ2n) is 3.95. The fourth-order valence-electron chi connectivity index (χ4n) is 1.77. The van der Waals surface area contributed by atoms with Crippen LogP contribution < -0.4 is 11.3 Å². The van der Waals surface area contributed by atoms with E-state index in [1.165, 1.54) is 0 Å². The van der Waals surface area contributed by atoms with Crippen LogP contribution in [0.1, 0.15) is 5.69 Å². The Kier molecular flexibility index (Phi) is 4.21. The second kappa shape index (κ2) is 5.87. The van der Waals surface area contributed by atoms with Gasteiger partial charge >= 0.3 is 0 Å². The van der Waals surface area contributed by atoms with Gasteiger partial charge in [-0.05, 0) is 0 Å². The Hall–Kier alpha value is -1.28. The van der Waals surface area contributed by atoms with Gasteiger partial charge in [-0.3, -0.25) is 9.88 Å². The molecule has 94 valence electrons. The fraction of sp³-hybridized carbons (Fsp3) is 0.600. The minimum absolute atomic E-state index is 0.0538. The van der Waals surface area contributed by atoms with Gasteiger partial charge in [-0.1, -0.05) is 0 Å². The number of hydrogen-bond acceptors (Lipinski definition) is 7. The molecule has 0 spiro atoms. The van der Waals surface area contributed by atoms with Crippen molar-refractivity contribution < 1.29 is 9.84 Å². The standard InChI is InChI=1S/C10H17N5O2/c11-14-10-4-12-8(3-13-10)5-15-1-2-17-9(6-15)7-16/h3-4,9,16H,1-2,5-7,11H2,(H,13,14). The van der Waals surface area contributed by atoms with Gasteiger partial charge in [-0.2, -0.15) is 0 Å². The highest BCUT2D eigenvalue weighted by molar-refractivity contribution is 5.28. The number of aliphatic hydroxyl groups is 1. The van der Waals surface area contributed by atoms with Crippen LogP contribution in [0.4, 0.5) is 5.82 Å². The predicted molar refractivity (Wildman–Crippen MR) is 61.9 cm³/mol. The molecule has 0 bridgehead atoms. The molecule has 1 aromatic heterocycles. The van der Waals surface area contributed by atoms with Gasteiger partial charge in [0.15, 0.2) is 5.82 Å². The maximum absolute atomic E-state index is 9.04. The van der Waals surface area contributed by atoms with E-state index in [9.17, 15) is 0 Å². The zero-order valence-corrected chi connectivity index (χ0v) is 9.54. The zero-order valence-electron chi connectivity index (χ0n) is 9.54. The molecular weight excluding hydrogens is 222 g/mol. The molecule has 1 fully saturated rings. The van der Waals surface area contributed by atoms with Gasteiger partial charge in [0.1, 0.15) is 0 Å². The maximum atomic E-state index is 9.04. The SMILES string of the molecule is NNc1cnc(CN2CCOC(CO)C2)cn1. The molecule has 7 heteroatoms. The molecule has 4 N–H and O–H groups in total. The highest BCUT2D eigenvalue weighted by atomic mass is 16.5. The molecule has 1 saturated heterocycles. The van der Waals surface area contributed by atoms with Crippen molar-refractivity contribution in [2.45, 2.75) is 12.6 Å². The van der Waals surface area contributed by atoms with Gasteiger partial charge < -0.3 is 15.3 Å². The molecule has 0 aromatic carbocycles. The molecule has 0 amide bonds. The molecule has 17 heavy (non-hydrogen) atoms. The summed E-state index contributed by atoms with van der Waals surface area (Å²) < 4.78 is 5.38. The predicted octanol–water partition coefficient (Wildman–Crippen LogP) is -1.04. The highest BCUT2D eigenvalue weighted by Gasteiger charge is 2.19. The molecule has 2 rings (SSSR count).